The van der Waals surface area contributed by atoms with E-state index in [1.54, 1.807) is 18.2 Å². The van der Waals surface area contributed by atoms with Gasteiger partial charge < -0.3 is 4.42 Å². The summed E-state index contributed by atoms with van der Waals surface area (Å²) in [6, 6.07) is 14.5. The Morgan fingerprint density at radius 2 is 1.24 bits per heavy atom. The van der Waals surface area contributed by atoms with E-state index in [1.165, 1.54) is 70.6 Å². The van der Waals surface area contributed by atoms with E-state index < -0.39 is 5.76 Å². The average Bonchev–Trinajstić information content (AvgIpc) is 2.82. The van der Waals surface area contributed by atoms with Crippen molar-refractivity contribution in [2.75, 3.05) is 0 Å². The predicted molar refractivity (Wildman–Crippen MR) is 137 cm³/mol. The topological polar surface area (TPSA) is 52.2 Å². The minimum atomic E-state index is -0.642. The van der Waals surface area contributed by atoms with Gasteiger partial charge in [-0.1, -0.05) is 114 Å². The van der Waals surface area contributed by atoms with Crippen LogP contribution in [0.3, 0.4) is 0 Å². The molecule has 0 radical (unpaired) electrons. The lowest BCUT2D eigenvalue weighted by Gasteiger charge is -2.09. The van der Waals surface area contributed by atoms with E-state index in [0.717, 1.165) is 29.4 Å². The molecule has 4 heteroatoms. The molecule has 33 heavy (non-hydrogen) atoms. The zero-order valence-corrected chi connectivity index (χ0v) is 20.2. The van der Waals surface area contributed by atoms with Gasteiger partial charge >= 0.3 is 5.76 Å². The number of aryl methyl sites for hydroxylation is 1. The third kappa shape index (κ3) is 7.45. The number of hydrogen-bond donors (Lipinski definition) is 0. The Labute approximate surface area is 197 Å². The third-order valence-electron chi connectivity index (χ3n) is 6.47. The Kier molecular flexibility index (Phi) is 10.5. The molecule has 1 heterocycles. The zero-order chi connectivity index (χ0) is 23.3. The van der Waals surface area contributed by atoms with Crippen molar-refractivity contribution in [1.82, 2.24) is 4.57 Å². The van der Waals surface area contributed by atoms with Crippen LogP contribution in [0.15, 0.2) is 62.5 Å². The van der Waals surface area contributed by atoms with Crippen LogP contribution in [0.25, 0.3) is 16.7 Å². The zero-order valence-electron chi connectivity index (χ0n) is 20.2. The first-order chi connectivity index (χ1) is 16.2. The van der Waals surface area contributed by atoms with Crippen LogP contribution in [0.5, 0.6) is 0 Å². The van der Waals surface area contributed by atoms with Crippen molar-refractivity contribution in [1.29, 1.82) is 0 Å². The Hall–Kier alpha value is -2.62. The summed E-state index contributed by atoms with van der Waals surface area (Å²) >= 11 is 0. The first kappa shape index (κ1) is 25.0. The molecular formula is C29H39NO3. The molecule has 2 aromatic carbocycles. The van der Waals surface area contributed by atoms with Gasteiger partial charge in [0, 0.05) is 0 Å². The van der Waals surface area contributed by atoms with Gasteiger partial charge in [0.25, 0.3) is 5.56 Å². The second kappa shape index (κ2) is 13.8. The van der Waals surface area contributed by atoms with Crippen LogP contribution in [0.1, 0.15) is 96.0 Å². The van der Waals surface area contributed by atoms with Gasteiger partial charge in [0.2, 0.25) is 0 Å². The fourth-order valence-corrected chi connectivity index (χ4v) is 4.58. The number of para-hydroxylation sites is 1. The number of unbranched alkanes of at least 4 members (excludes halogenated alkanes) is 12. The molecule has 0 unspecified atom stereocenters. The largest absolute Gasteiger partial charge is 0.426 e. The van der Waals surface area contributed by atoms with Crippen molar-refractivity contribution < 1.29 is 4.42 Å². The summed E-state index contributed by atoms with van der Waals surface area (Å²) in [5, 5.41) is 0.528. The maximum Gasteiger partial charge on any atom is 0.426 e. The first-order valence-electron chi connectivity index (χ1n) is 13.0. The van der Waals surface area contributed by atoms with E-state index >= 15 is 0 Å². The number of aromatic nitrogens is 1. The van der Waals surface area contributed by atoms with E-state index in [0.29, 0.717) is 16.7 Å². The van der Waals surface area contributed by atoms with Gasteiger partial charge in [-0.2, -0.15) is 0 Å². The Bertz CT molecular complexity index is 1080. The highest BCUT2D eigenvalue weighted by atomic mass is 16.4. The van der Waals surface area contributed by atoms with Crippen LogP contribution in [-0.2, 0) is 6.42 Å². The highest BCUT2D eigenvalue weighted by Crippen LogP contribution is 2.18. The first-order valence-corrected chi connectivity index (χ1v) is 13.0. The number of fused-ring (bicyclic) bond motifs is 1. The molecule has 0 saturated carbocycles. The van der Waals surface area contributed by atoms with Gasteiger partial charge in [-0.15, -0.1) is 0 Å². The smallest absolute Gasteiger partial charge is 0.409 e. The molecule has 0 amide bonds. The van der Waals surface area contributed by atoms with Crippen molar-refractivity contribution >= 4 is 11.0 Å². The van der Waals surface area contributed by atoms with Crippen molar-refractivity contribution in [2.24, 2.45) is 0 Å². The molecule has 0 fully saturated rings. The van der Waals surface area contributed by atoms with E-state index in [2.05, 4.69) is 6.92 Å². The molecule has 0 aliphatic heterocycles. The van der Waals surface area contributed by atoms with Crippen LogP contribution in [0.4, 0.5) is 0 Å². The number of benzene rings is 2. The Morgan fingerprint density at radius 3 is 1.85 bits per heavy atom. The lowest BCUT2D eigenvalue weighted by atomic mass is 10.0. The SMILES string of the molecule is CCCCCCCCCCCCCCCc1cccc2oc(=O)n(-c3ccccc3)c(=O)c12. The maximum atomic E-state index is 13.2. The minimum absolute atomic E-state index is 0.294. The average molecular weight is 450 g/mol. The fraction of sp³-hybridized carbons (Fsp3) is 0.517. The van der Waals surface area contributed by atoms with Gasteiger partial charge in [-0.05, 0) is 36.6 Å². The minimum Gasteiger partial charge on any atom is -0.409 e. The molecule has 0 saturated heterocycles. The molecule has 3 rings (SSSR count). The third-order valence-corrected chi connectivity index (χ3v) is 6.47. The molecule has 0 bridgehead atoms. The number of hydrogen-bond acceptors (Lipinski definition) is 3. The van der Waals surface area contributed by atoms with E-state index in [9.17, 15) is 9.59 Å². The summed E-state index contributed by atoms with van der Waals surface area (Å²) in [5.74, 6) is -0.642. The van der Waals surface area contributed by atoms with Crippen molar-refractivity contribution in [2.45, 2.75) is 96.8 Å². The molecular weight excluding hydrogens is 410 g/mol. The number of rotatable bonds is 15. The molecule has 0 spiro atoms. The van der Waals surface area contributed by atoms with Crippen LogP contribution < -0.4 is 11.3 Å². The molecule has 4 nitrogen and oxygen atoms in total. The molecule has 0 aliphatic rings. The molecule has 0 N–H and O–H groups in total. The van der Waals surface area contributed by atoms with Gasteiger partial charge in [-0.25, -0.2) is 9.36 Å². The normalized spacial score (nSPS) is 11.3. The molecule has 0 atom stereocenters. The number of nitrogens with zero attached hydrogens (tertiary/aromatic N) is 1. The second-order valence-electron chi connectivity index (χ2n) is 9.13. The molecule has 178 valence electrons. The monoisotopic (exact) mass is 449 g/mol. The summed E-state index contributed by atoms with van der Waals surface area (Å²) in [5.41, 5.74) is 1.59. The predicted octanol–water partition coefficient (Wildman–Crippen LogP) is 7.58. The molecule has 3 aromatic rings. The van der Waals surface area contributed by atoms with Gasteiger partial charge in [-0.3, -0.25) is 4.79 Å². The van der Waals surface area contributed by atoms with Gasteiger partial charge in [0.15, 0.2) is 0 Å². The maximum absolute atomic E-state index is 13.2. The quantitative estimate of drug-likeness (QED) is 0.225. The van der Waals surface area contributed by atoms with Crippen LogP contribution in [0, 0.1) is 0 Å². The summed E-state index contributed by atoms with van der Waals surface area (Å²) in [6.45, 7) is 2.27. The van der Waals surface area contributed by atoms with Gasteiger partial charge in [0.05, 0.1) is 11.1 Å². The highest BCUT2D eigenvalue weighted by Gasteiger charge is 2.14. The van der Waals surface area contributed by atoms with Crippen LogP contribution in [-0.4, -0.2) is 4.57 Å². The Morgan fingerprint density at radius 1 is 0.667 bits per heavy atom. The summed E-state index contributed by atoms with van der Waals surface area (Å²) in [6.07, 6.45) is 17.9. The van der Waals surface area contributed by atoms with Crippen molar-refractivity contribution in [3.8, 4) is 5.69 Å². The summed E-state index contributed by atoms with van der Waals surface area (Å²) in [7, 11) is 0. The van der Waals surface area contributed by atoms with E-state index in [1.807, 2.05) is 30.3 Å². The lowest BCUT2D eigenvalue weighted by Crippen LogP contribution is -2.31. The molecule has 1 aromatic heterocycles. The van der Waals surface area contributed by atoms with E-state index in [4.69, 9.17) is 4.42 Å². The molecule has 0 aliphatic carbocycles. The fourth-order valence-electron chi connectivity index (χ4n) is 4.58. The van der Waals surface area contributed by atoms with Crippen LogP contribution >= 0.6 is 0 Å². The van der Waals surface area contributed by atoms with Gasteiger partial charge in [0.1, 0.15) is 5.58 Å². The van der Waals surface area contributed by atoms with Crippen molar-refractivity contribution in [3.05, 3.63) is 75.0 Å². The van der Waals surface area contributed by atoms with Crippen LogP contribution in [0.2, 0.25) is 0 Å². The highest BCUT2D eigenvalue weighted by molar-refractivity contribution is 5.79. The standard InChI is InChI=1S/C29H39NO3/c1-2-3-4-5-6-7-8-9-10-11-12-13-15-19-24-20-18-23-26-27(24)28(31)30(29(32)33-26)25-21-16-14-17-22-25/h14,16-18,20-23H,2-13,15,19H2,1H3. The Balaban J connectivity index is 1.47. The van der Waals surface area contributed by atoms with Crippen molar-refractivity contribution in [3.63, 3.8) is 0 Å². The summed E-state index contributed by atoms with van der Waals surface area (Å²) in [4.78, 5) is 25.7. The van der Waals surface area contributed by atoms with E-state index in [-0.39, 0.29) is 5.56 Å². The lowest BCUT2D eigenvalue weighted by molar-refractivity contribution is 0.503. The second-order valence-corrected chi connectivity index (χ2v) is 9.13. The summed E-state index contributed by atoms with van der Waals surface area (Å²) < 4.78 is 6.63.